The van der Waals surface area contributed by atoms with Gasteiger partial charge in [-0.3, -0.25) is 4.98 Å². The lowest BCUT2D eigenvalue weighted by atomic mass is 9.96. The van der Waals surface area contributed by atoms with Gasteiger partial charge >= 0.3 is 0 Å². The summed E-state index contributed by atoms with van der Waals surface area (Å²) in [6.45, 7) is 6.65. The molecule has 0 bridgehead atoms. The Kier molecular flexibility index (Phi) is 3.86. The molecule has 0 spiro atoms. The van der Waals surface area contributed by atoms with Crippen LogP contribution < -0.4 is 5.32 Å². The monoisotopic (exact) mass is 219 g/mol. The standard InChI is InChI=1S/C12H17N3O/c1-9-4-5-11(16)10(15-9)6-14-8-12(2,3)7-13/h4-5,14,16H,6,8H2,1-3H3. The van der Waals surface area contributed by atoms with Gasteiger partial charge in [-0.25, -0.2) is 0 Å². The maximum atomic E-state index is 9.55. The minimum Gasteiger partial charge on any atom is -0.506 e. The number of nitrogens with one attached hydrogen (secondary N) is 1. The molecule has 4 nitrogen and oxygen atoms in total. The summed E-state index contributed by atoms with van der Waals surface area (Å²) >= 11 is 0. The van der Waals surface area contributed by atoms with Crippen molar-refractivity contribution in [2.24, 2.45) is 5.41 Å². The lowest BCUT2D eigenvalue weighted by Gasteiger charge is -2.15. The number of aromatic hydroxyl groups is 1. The third-order valence-electron chi connectivity index (χ3n) is 2.25. The van der Waals surface area contributed by atoms with Gasteiger partial charge in [0, 0.05) is 18.8 Å². The molecule has 0 amide bonds. The van der Waals surface area contributed by atoms with Gasteiger partial charge in [-0.15, -0.1) is 0 Å². The molecule has 86 valence electrons. The van der Waals surface area contributed by atoms with Gasteiger partial charge in [0.05, 0.1) is 17.2 Å². The Hall–Kier alpha value is -1.60. The van der Waals surface area contributed by atoms with Crippen LogP contribution in [-0.4, -0.2) is 16.6 Å². The van der Waals surface area contributed by atoms with Crippen LogP contribution in [0.4, 0.5) is 0 Å². The van der Waals surface area contributed by atoms with E-state index >= 15 is 0 Å². The highest BCUT2D eigenvalue weighted by Crippen LogP contribution is 2.15. The fraction of sp³-hybridized carbons (Fsp3) is 0.500. The van der Waals surface area contributed by atoms with E-state index in [1.807, 2.05) is 20.8 Å². The highest BCUT2D eigenvalue weighted by atomic mass is 16.3. The van der Waals surface area contributed by atoms with E-state index in [1.54, 1.807) is 12.1 Å². The van der Waals surface area contributed by atoms with E-state index in [-0.39, 0.29) is 5.75 Å². The summed E-state index contributed by atoms with van der Waals surface area (Å²) in [5.41, 5.74) is 1.09. The van der Waals surface area contributed by atoms with Crippen LogP contribution in [0.5, 0.6) is 5.75 Å². The number of aromatic nitrogens is 1. The summed E-state index contributed by atoms with van der Waals surface area (Å²) in [5.74, 6) is 0.188. The first-order valence-corrected chi connectivity index (χ1v) is 5.22. The number of hydrogen-bond donors (Lipinski definition) is 2. The molecule has 0 atom stereocenters. The first-order valence-electron chi connectivity index (χ1n) is 5.22. The molecule has 0 saturated carbocycles. The van der Waals surface area contributed by atoms with Crippen LogP contribution in [0.2, 0.25) is 0 Å². The molecule has 16 heavy (non-hydrogen) atoms. The summed E-state index contributed by atoms with van der Waals surface area (Å²) in [7, 11) is 0. The first kappa shape index (κ1) is 12.5. The van der Waals surface area contributed by atoms with Crippen LogP contribution in [0.25, 0.3) is 0 Å². The molecule has 1 rings (SSSR count). The van der Waals surface area contributed by atoms with Crippen LogP contribution in [0.15, 0.2) is 12.1 Å². The van der Waals surface area contributed by atoms with Crippen LogP contribution in [-0.2, 0) is 6.54 Å². The molecule has 0 unspecified atom stereocenters. The third-order valence-corrected chi connectivity index (χ3v) is 2.25. The number of nitriles is 1. The second-order valence-corrected chi connectivity index (χ2v) is 4.52. The average molecular weight is 219 g/mol. The normalized spacial score (nSPS) is 11.1. The third kappa shape index (κ3) is 3.52. The second-order valence-electron chi connectivity index (χ2n) is 4.52. The van der Waals surface area contributed by atoms with Crippen LogP contribution >= 0.6 is 0 Å². The molecule has 0 aliphatic rings. The van der Waals surface area contributed by atoms with Crippen molar-refractivity contribution < 1.29 is 5.11 Å². The molecule has 1 aromatic heterocycles. The van der Waals surface area contributed by atoms with Gasteiger partial charge in [0.2, 0.25) is 0 Å². The van der Waals surface area contributed by atoms with E-state index in [9.17, 15) is 5.11 Å². The lowest BCUT2D eigenvalue weighted by molar-refractivity contribution is 0.428. The summed E-state index contributed by atoms with van der Waals surface area (Å²) in [4.78, 5) is 4.22. The number of nitrogens with zero attached hydrogens (tertiary/aromatic N) is 2. The predicted molar refractivity (Wildman–Crippen MR) is 61.7 cm³/mol. The van der Waals surface area contributed by atoms with Gasteiger partial charge in [-0.05, 0) is 32.9 Å². The van der Waals surface area contributed by atoms with Crippen molar-refractivity contribution in [3.05, 3.63) is 23.5 Å². The van der Waals surface area contributed by atoms with Crippen molar-refractivity contribution in [2.75, 3.05) is 6.54 Å². The number of aryl methyl sites for hydroxylation is 1. The molecular formula is C12H17N3O. The Morgan fingerprint density at radius 1 is 1.50 bits per heavy atom. The maximum Gasteiger partial charge on any atom is 0.138 e. The van der Waals surface area contributed by atoms with Crippen molar-refractivity contribution in [3.8, 4) is 11.8 Å². The molecule has 0 aromatic carbocycles. The van der Waals surface area contributed by atoms with E-state index < -0.39 is 5.41 Å². The van der Waals surface area contributed by atoms with E-state index in [1.165, 1.54) is 0 Å². The van der Waals surface area contributed by atoms with Gasteiger partial charge in [0.15, 0.2) is 0 Å². The SMILES string of the molecule is Cc1ccc(O)c(CNCC(C)(C)C#N)n1. The number of rotatable bonds is 4. The zero-order chi connectivity index (χ0) is 12.2. The molecule has 0 saturated heterocycles. The lowest BCUT2D eigenvalue weighted by Crippen LogP contribution is -2.28. The molecule has 0 radical (unpaired) electrons. The summed E-state index contributed by atoms with van der Waals surface area (Å²) in [6.07, 6.45) is 0. The van der Waals surface area contributed by atoms with Crippen LogP contribution in [0.1, 0.15) is 25.2 Å². The van der Waals surface area contributed by atoms with E-state index in [4.69, 9.17) is 5.26 Å². The van der Waals surface area contributed by atoms with E-state index in [0.29, 0.717) is 18.8 Å². The van der Waals surface area contributed by atoms with Gasteiger partial charge in [-0.1, -0.05) is 0 Å². The average Bonchev–Trinajstić information content (AvgIpc) is 2.23. The minimum absolute atomic E-state index is 0.188. The number of hydrogen-bond acceptors (Lipinski definition) is 4. The fourth-order valence-corrected chi connectivity index (χ4v) is 1.27. The molecule has 4 heteroatoms. The van der Waals surface area contributed by atoms with Crippen LogP contribution in [0.3, 0.4) is 0 Å². The van der Waals surface area contributed by atoms with Crippen molar-refractivity contribution >= 4 is 0 Å². The molecule has 0 aliphatic carbocycles. The first-order chi connectivity index (χ1) is 7.44. The molecular weight excluding hydrogens is 202 g/mol. The van der Waals surface area contributed by atoms with Gasteiger partial charge in [0.1, 0.15) is 5.75 Å². The van der Waals surface area contributed by atoms with Gasteiger partial charge < -0.3 is 10.4 Å². The van der Waals surface area contributed by atoms with Crippen molar-refractivity contribution in [3.63, 3.8) is 0 Å². The second kappa shape index (κ2) is 4.95. The molecule has 1 heterocycles. The minimum atomic E-state index is -0.403. The number of pyridine rings is 1. The quantitative estimate of drug-likeness (QED) is 0.809. The van der Waals surface area contributed by atoms with E-state index in [2.05, 4.69) is 16.4 Å². The zero-order valence-electron chi connectivity index (χ0n) is 9.91. The predicted octanol–water partition coefficient (Wildman–Crippen LogP) is 1.73. The highest BCUT2D eigenvalue weighted by molar-refractivity contribution is 5.27. The topological polar surface area (TPSA) is 68.9 Å². The highest BCUT2D eigenvalue weighted by Gasteiger charge is 2.16. The van der Waals surface area contributed by atoms with Gasteiger partial charge in [-0.2, -0.15) is 5.26 Å². The fourth-order valence-electron chi connectivity index (χ4n) is 1.27. The molecule has 1 aromatic rings. The summed E-state index contributed by atoms with van der Waals surface area (Å²) in [5, 5.41) is 21.5. The molecule has 2 N–H and O–H groups in total. The Bertz CT molecular complexity index is 407. The Morgan fingerprint density at radius 3 is 2.81 bits per heavy atom. The Labute approximate surface area is 95.9 Å². The van der Waals surface area contributed by atoms with Crippen molar-refractivity contribution in [1.82, 2.24) is 10.3 Å². The van der Waals surface area contributed by atoms with Crippen LogP contribution in [0, 0.1) is 23.7 Å². The van der Waals surface area contributed by atoms with Crippen molar-refractivity contribution in [2.45, 2.75) is 27.3 Å². The molecule has 0 aliphatic heterocycles. The molecule has 0 fully saturated rings. The summed E-state index contributed by atoms with van der Waals surface area (Å²) < 4.78 is 0. The van der Waals surface area contributed by atoms with Gasteiger partial charge in [0.25, 0.3) is 0 Å². The summed E-state index contributed by atoms with van der Waals surface area (Å²) in [6, 6.07) is 5.60. The zero-order valence-corrected chi connectivity index (χ0v) is 9.91. The Balaban J connectivity index is 2.56. The maximum absolute atomic E-state index is 9.55. The largest absolute Gasteiger partial charge is 0.506 e. The van der Waals surface area contributed by atoms with E-state index in [0.717, 1.165) is 5.69 Å². The van der Waals surface area contributed by atoms with Crippen molar-refractivity contribution in [1.29, 1.82) is 5.26 Å². The Morgan fingerprint density at radius 2 is 2.19 bits per heavy atom. The smallest absolute Gasteiger partial charge is 0.138 e.